The lowest BCUT2D eigenvalue weighted by atomic mass is 9.89. The van der Waals surface area contributed by atoms with Crippen LogP contribution in [0.5, 0.6) is 0 Å². The standard InChI is InChI=1S/C27H41N3O3S/c1-5-8-9-13-16-29(6-2)26(31)22-17-24(23-19-34-25(28-23)27(32)33-7-3)30(20(22)4)18-21-14-11-10-12-15-21/h17,19,21H,5-16,18H2,1-4H3. The summed E-state index contributed by atoms with van der Waals surface area (Å²) < 4.78 is 7.41. The van der Waals surface area contributed by atoms with Crippen molar-refractivity contribution < 1.29 is 14.3 Å². The smallest absolute Gasteiger partial charge is 0.367 e. The van der Waals surface area contributed by atoms with Gasteiger partial charge >= 0.3 is 5.97 Å². The second-order valence-electron chi connectivity index (χ2n) is 9.35. The number of hydrogen-bond acceptors (Lipinski definition) is 5. The number of esters is 1. The van der Waals surface area contributed by atoms with Crippen molar-refractivity contribution >= 4 is 23.2 Å². The van der Waals surface area contributed by atoms with Crippen LogP contribution in [0, 0.1) is 12.8 Å². The van der Waals surface area contributed by atoms with E-state index in [9.17, 15) is 9.59 Å². The van der Waals surface area contributed by atoms with Crippen molar-refractivity contribution in [3.05, 3.63) is 27.7 Å². The molecule has 0 spiro atoms. The number of ether oxygens (including phenoxy) is 1. The van der Waals surface area contributed by atoms with E-state index in [1.54, 1.807) is 6.92 Å². The summed E-state index contributed by atoms with van der Waals surface area (Å²) in [6, 6.07) is 2.00. The largest absolute Gasteiger partial charge is 0.461 e. The van der Waals surface area contributed by atoms with Crippen LogP contribution in [0.3, 0.4) is 0 Å². The first-order valence-electron chi connectivity index (χ1n) is 13.1. The molecule has 7 heteroatoms. The molecule has 2 heterocycles. The highest BCUT2D eigenvalue weighted by molar-refractivity contribution is 7.11. The van der Waals surface area contributed by atoms with Crippen molar-refractivity contribution in [2.75, 3.05) is 19.7 Å². The maximum Gasteiger partial charge on any atom is 0.367 e. The molecule has 3 rings (SSSR count). The van der Waals surface area contributed by atoms with Crippen molar-refractivity contribution in [3.8, 4) is 11.4 Å². The van der Waals surface area contributed by atoms with E-state index in [0.29, 0.717) is 24.1 Å². The minimum Gasteiger partial charge on any atom is -0.461 e. The molecule has 2 aromatic rings. The molecule has 0 saturated heterocycles. The minimum atomic E-state index is -0.388. The van der Waals surface area contributed by atoms with Crippen LogP contribution in [0.1, 0.15) is 104 Å². The minimum absolute atomic E-state index is 0.0981. The van der Waals surface area contributed by atoms with Gasteiger partial charge in [0.15, 0.2) is 0 Å². The van der Waals surface area contributed by atoms with Crippen LogP contribution in [-0.2, 0) is 11.3 Å². The molecule has 34 heavy (non-hydrogen) atoms. The number of thiazole rings is 1. The molecule has 1 saturated carbocycles. The Morgan fingerprint density at radius 2 is 1.91 bits per heavy atom. The molecule has 1 aliphatic carbocycles. The predicted molar refractivity (Wildman–Crippen MR) is 139 cm³/mol. The molecule has 188 valence electrons. The quantitative estimate of drug-likeness (QED) is 0.246. The fraction of sp³-hybridized carbons (Fsp3) is 0.667. The normalized spacial score (nSPS) is 14.4. The zero-order valence-corrected chi connectivity index (χ0v) is 22.2. The van der Waals surface area contributed by atoms with Crippen molar-refractivity contribution in [3.63, 3.8) is 0 Å². The number of amides is 1. The van der Waals surface area contributed by atoms with Crippen LogP contribution in [0.15, 0.2) is 11.4 Å². The lowest BCUT2D eigenvalue weighted by Gasteiger charge is -2.24. The second kappa shape index (κ2) is 13.1. The molecule has 0 unspecified atom stereocenters. The molecule has 0 N–H and O–H groups in total. The number of carbonyl (C=O) groups excluding carboxylic acids is 2. The summed E-state index contributed by atoms with van der Waals surface area (Å²) in [5.41, 5.74) is 3.44. The first-order valence-corrected chi connectivity index (χ1v) is 14.0. The fourth-order valence-electron chi connectivity index (χ4n) is 4.92. The van der Waals surface area contributed by atoms with Gasteiger partial charge < -0.3 is 14.2 Å². The van der Waals surface area contributed by atoms with E-state index in [1.807, 2.05) is 16.3 Å². The Bertz CT molecular complexity index is 943. The van der Waals surface area contributed by atoms with Gasteiger partial charge in [0.25, 0.3) is 5.91 Å². The van der Waals surface area contributed by atoms with Gasteiger partial charge in [-0.15, -0.1) is 11.3 Å². The molecule has 2 aromatic heterocycles. The van der Waals surface area contributed by atoms with Crippen LogP contribution in [0.4, 0.5) is 0 Å². The van der Waals surface area contributed by atoms with Gasteiger partial charge in [0, 0.05) is 30.7 Å². The number of hydrogen-bond donors (Lipinski definition) is 0. The van der Waals surface area contributed by atoms with Gasteiger partial charge in [0.2, 0.25) is 5.01 Å². The van der Waals surface area contributed by atoms with Crippen LogP contribution in [0.25, 0.3) is 11.4 Å². The third kappa shape index (κ3) is 6.49. The third-order valence-corrected chi connectivity index (χ3v) is 7.75. The number of unbranched alkanes of at least 4 members (excludes halogenated alkanes) is 3. The molecule has 0 aromatic carbocycles. The molecule has 1 fully saturated rings. The molecule has 1 aliphatic rings. The zero-order valence-electron chi connectivity index (χ0n) is 21.4. The highest BCUT2D eigenvalue weighted by atomic mass is 32.1. The molecule has 0 bridgehead atoms. The average molecular weight is 488 g/mol. The van der Waals surface area contributed by atoms with E-state index in [1.165, 1.54) is 56.3 Å². The van der Waals surface area contributed by atoms with Gasteiger partial charge in [-0.25, -0.2) is 9.78 Å². The molecular weight excluding hydrogens is 446 g/mol. The van der Waals surface area contributed by atoms with Gasteiger partial charge in [-0.2, -0.15) is 0 Å². The van der Waals surface area contributed by atoms with Gasteiger partial charge in [-0.1, -0.05) is 45.4 Å². The first-order chi connectivity index (χ1) is 16.5. The third-order valence-electron chi connectivity index (χ3n) is 6.93. The predicted octanol–water partition coefficient (Wildman–Crippen LogP) is 6.72. The number of aromatic nitrogens is 2. The molecule has 1 amide bonds. The summed E-state index contributed by atoms with van der Waals surface area (Å²) in [4.78, 5) is 32.3. The van der Waals surface area contributed by atoms with Crippen molar-refractivity contribution in [2.45, 2.75) is 92.0 Å². The number of rotatable bonds is 12. The van der Waals surface area contributed by atoms with Crippen LogP contribution in [0.2, 0.25) is 0 Å². The maximum absolute atomic E-state index is 13.6. The van der Waals surface area contributed by atoms with E-state index in [2.05, 4.69) is 30.3 Å². The monoisotopic (exact) mass is 487 g/mol. The highest BCUT2D eigenvalue weighted by Crippen LogP contribution is 2.32. The summed E-state index contributed by atoms with van der Waals surface area (Å²) in [6.07, 6.45) is 10.9. The Labute approximate surface area is 208 Å². The Balaban J connectivity index is 1.91. The van der Waals surface area contributed by atoms with Crippen molar-refractivity contribution in [1.82, 2.24) is 14.5 Å². The second-order valence-corrected chi connectivity index (χ2v) is 10.2. The average Bonchev–Trinajstić information content (AvgIpc) is 3.45. The number of carbonyl (C=O) groups is 2. The van der Waals surface area contributed by atoms with Gasteiger partial charge in [0.05, 0.1) is 23.6 Å². The lowest BCUT2D eigenvalue weighted by molar-refractivity contribution is 0.0525. The van der Waals surface area contributed by atoms with E-state index < -0.39 is 0 Å². The topological polar surface area (TPSA) is 64.4 Å². The van der Waals surface area contributed by atoms with Crippen LogP contribution < -0.4 is 0 Å². The van der Waals surface area contributed by atoms with Gasteiger partial charge in [0.1, 0.15) is 0 Å². The molecular formula is C27H41N3O3S. The summed E-state index contributed by atoms with van der Waals surface area (Å²) in [5, 5.41) is 2.27. The molecule has 0 aliphatic heterocycles. The van der Waals surface area contributed by atoms with Crippen LogP contribution >= 0.6 is 11.3 Å². The summed E-state index contributed by atoms with van der Waals surface area (Å²) in [7, 11) is 0. The summed E-state index contributed by atoms with van der Waals surface area (Å²) in [6.45, 7) is 10.8. The Hall–Kier alpha value is -2.15. The summed E-state index contributed by atoms with van der Waals surface area (Å²) in [5.74, 6) is 0.323. The Kier molecular flexibility index (Phi) is 10.2. The Morgan fingerprint density at radius 1 is 1.15 bits per heavy atom. The lowest BCUT2D eigenvalue weighted by Crippen LogP contribution is -2.32. The van der Waals surface area contributed by atoms with Crippen molar-refractivity contribution in [1.29, 1.82) is 0 Å². The van der Waals surface area contributed by atoms with Crippen LogP contribution in [-0.4, -0.2) is 46.0 Å². The molecule has 0 radical (unpaired) electrons. The molecule has 6 nitrogen and oxygen atoms in total. The highest BCUT2D eigenvalue weighted by Gasteiger charge is 2.26. The van der Waals surface area contributed by atoms with E-state index in [-0.39, 0.29) is 11.9 Å². The summed E-state index contributed by atoms with van der Waals surface area (Å²) >= 11 is 1.30. The maximum atomic E-state index is 13.6. The van der Waals surface area contributed by atoms with Crippen molar-refractivity contribution in [2.24, 2.45) is 5.92 Å². The van der Waals surface area contributed by atoms with Gasteiger partial charge in [-0.05, 0) is 52.0 Å². The van der Waals surface area contributed by atoms with E-state index in [4.69, 9.17) is 4.74 Å². The molecule has 0 atom stereocenters. The Morgan fingerprint density at radius 3 is 2.59 bits per heavy atom. The number of nitrogens with zero attached hydrogens (tertiary/aromatic N) is 3. The van der Waals surface area contributed by atoms with E-state index in [0.717, 1.165) is 48.6 Å². The van der Waals surface area contributed by atoms with Gasteiger partial charge in [-0.3, -0.25) is 4.79 Å². The SMILES string of the molecule is CCCCCCN(CC)C(=O)c1cc(-c2csc(C(=O)OCC)n2)n(CC2CCCCC2)c1C. The first kappa shape index (κ1) is 26.5. The zero-order chi connectivity index (χ0) is 24.5. The van der Waals surface area contributed by atoms with E-state index >= 15 is 0 Å². The fourth-order valence-corrected chi connectivity index (χ4v) is 5.62.